The lowest BCUT2D eigenvalue weighted by atomic mass is 9.82. The molecule has 3 aromatic rings. The highest BCUT2D eigenvalue weighted by molar-refractivity contribution is 5.75. The molecule has 3 heterocycles. The molecule has 0 aliphatic carbocycles. The number of halogens is 4. The molecule has 1 aromatic heterocycles. The minimum absolute atomic E-state index is 0.151. The summed E-state index contributed by atoms with van der Waals surface area (Å²) in [4.78, 5) is 16.9. The van der Waals surface area contributed by atoms with Crippen molar-refractivity contribution in [3.8, 4) is 11.3 Å². The number of aromatic nitrogens is 2. The first-order valence-electron chi connectivity index (χ1n) is 12.4. The molecule has 0 spiro atoms. The number of benzene rings is 2. The monoisotopic (exact) mass is 516 g/mol. The summed E-state index contributed by atoms with van der Waals surface area (Å²) in [6.45, 7) is 1.67. The van der Waals surface area contributed by atoms with Gasteiger partial charge in [-0.25, -0.2) is 9.18 Å². The van der Waals surface area contributed by atoms with Gasteiger partial charge in [-0.3, -0.25) is 5.10 Å². The predicted molar refractivity (Wildman–Crippen MR) is 129 cm³/mol. The number of aliphatic hydroxyl groups excluding tert-OH is 1. The van der Waals surface area contributed by atoms with Crippen molar-refractivity contribution < 1.29 is 27.5 Å². The molecule has 2 aliphatic rings. The molecule has 2 fully saturated rings. The maximum atomic E-state index is 14.3. The third-order valence-corrected chi connectivity index (χ3v) is 7.35. The van der Waals surface area contributed by atoms with Gasteiger partial charge >= 0.3 is 12.2 Å². The van der Waals surface area contributed by atoms with Crippen LogP contribution in [0.3, 0.4) is 0 Å². The van der Waals surface area contributed by atoms with Gasteiger partial charge in [0.25, 0.3) is 0 Å². The lowest BCUT2D eigenvalue weighted by Crippen LogP contribution is -2.51. The molecular weight excluding hydrogens is 488 g/mol. The molecule has 196 valence electrons. The zero-order valence-corrected chi connectivity index (χ0v) is 20.1. The summed E-state index contributed by atoms with van der Waals surface area (Å²) >= 11 is 0. The normalized spacial score (nSPS) is 21.3. The Morgan fingerprint density at radius 2 is 1.65 bits per heavy atom. The number of rotatable bonds is 3. The number of carbonyl (C=O) groups is 1. The summed E-state index contributed by atoms with van der Waals surface area (Å²) in [5.41, 5.74) is 1.55. The largest absolute Gasteiger partial charge is 0.416 e. The standard InChI is InChI=1S/C27H28F4N4O2/c28-23-4-2-1-3-22(23)25-14-24(32-33-25)19-13-18(17-5-7-20(8-6-17)27(29,30)31)15-35(16-19)26(37)34-11-9-21(36)10-12-34/h1-8,14,18-19,21,36H,9-13,15-16H2,(H,32,33). The van der Waals surface area contributed by atoms with E-state index in [9.17, 15) is 27.5 Å². The van der Waals surface area contributed by atoms with Gasteiger partial charge < -0.3 is 14.9 Å². The van der Waals surface area contributed by atoms with Gasteiger partial charge in [0, 0.05) is 49.3 Å². The molecule has 2 N–H and O–H groups in total. The molecule has 37 heavy (non-hydrogen) atoms. The van der Waals surface area contributed by atoms with Gasteiger partial charge in [-0.15, -0.1) is 0 Å². The summed E-state index contributed by atoms with van der Waals surface area (Å²) in [6.07, 6.45) is -3.23. The van der Waals surface area contributed by atoms with Crippen LogP contribution in [0.25, 0.3) is 11.3 Å². The van der Waals surface area contributed by atoms with Crippen LogP contribution in [-0.2, 0) is 6.18 Å². The fraction of sp³-hybridized carbons (Fsp3) is 0.407. The Morgan fingerprint density at radius 3 is 2.32 bits per heavy atom. The number of H-pyrrole nitrogens is 1. The van der Waals surface area contributed by atoms with Gasteiger partial charge in [0.15, 0.2) is 0 Å². The van der Waals surface area contributed by atoms with Crippen molar-refractivity contribution in [1.29, 1.82) is 0 Å². The number of amides is 2. The van der Waals surface area contributed by atoms with E-state index in [4.69, 9.17) is 0 Å². The van der Waals surface area contributed by atoms with E-state index in [-0.39, 0.29) is 17.9 Å². The van der Waals surface area contributed by atoms with E-state index in [2.05, 4.69) is 10.2 Å². The van der Waals surface area contributed by atoms with Crippen molar-refractivity contribution in [2.45, 2.75) is 43.4 Å². The Morgan fingerprint density at radius 1 is 0.973 bits per heavy atom. The Hall–Kier alpha value is -3.40. The number of aromatic amines is 1. The number of hydrogen-bond acceptors (Lipinski definition) is 3. The number of carbonyl (C=O) groups excluding carboxylic acids is 1. The van der Waals surface area contributed by atoms with E-state index in [1.807, 2.05) is 0 Å². The molecular formula is C27H28F4N4O2. The van der Waals surface area contributed by atoms with Crippen LogP contribution in [-0.4, -0.2) is 63.4 Å². The van der Waals surface area contributed by atoms with E-state index in [1.54, 1.807) is 34.1 Å². The Labute approximate surface area is 211 Å². The molecule has 2 saturated heterocycles. The van der Waals surface area contributed by atoms with Crippen LogP contribution in [0.1, 0.15) is 47.9 Å². The number of nitrogens with zero attached hydrogens (tertiary/aromatic N) is 3. The molecule has 10 heteroatoms. The van der Waals surface area contributed by atoms with Crippen LogP contribution in [0.2, 0.25) is 0 Å². The SMILES string of the molecule is O=C(N1CCC(O)CC1)N1CC(c2ccc(C(F)(F)F)cc2)CC(c2cc(-c3ccccc3F)n[nH]2)C1. The Balaban J connectivity index is 1.42. The molecule has 2 aliphatic heterocycles. The van der Waals surface area contributed by atoms with Crippen LogP contribution < -0.4 is 0 Å². The highest BCUT2D eigenvalue weighted by Crippen LogP contribution is 2.38. The van der Waals surface area contributed by atoms with Gasteiger partial charge in [-0.05, 0) is 55.2 Å². The van der Waals surface area contributed by atoms with Crippen LogP contribution >= 0.6 is 0 Å². The van der Waals surface area contributed by atoms with Crippen molar-refractivity contribution in [2.75, 3.05) is 26.2 Å². The third-order valence-electron chi connectivity index (χ3n) is 7.35. The summed E-state index contributed by atoms with van der Waals surface area (Å²) in [6, 6.07) is 13.1. The molecule has 2 atom stereocenters. The highest BCUT2D eigenvalue weighted by atomic mass is 19.4. The molecule has 2 aromatic carbocycles. The quantitative estimate of drug-likeness (QED) is 0.459. The number of piperidine rings is 2. The van der Waals surface area contributed by atoms with Crippen LogP contribution in [0.5, 0.6) is 0 Å². The van der Waals surface area contributed by atoms with Crippen molar-refractivity contribution in [3.63, 3.8) is 0 Å². The van der Waals surface area contributed by atoms with Crippen LogP contribution in [0.15, 0.2) is 54.6 Å². The van der Waals surface area contributed by atoms with E-state index in [0.717, 1.165) is 23.4 Å². The van der Waals surface area contributed by atoms with Crippen molar-refractivity contribution in [2.24, 2.45) is 0 Å². The number of urea groups is 1. The lowest BCUT2D eigenvalue weighted by molar-refractivity contribution is -0.137. The smallest absolute Gasteiger partial charge is 0.393 e. The van der Waals surface area contributed by atoms with Crippen molar-refractivity contribution >= 4 is 6.03 Å². The van der Waals surface area contributed by atoms with Crippen molar-refractivity contribution in [3.05, 3.63) is 77.2 Å². The summed E-state index contributed by atoms with van der Waals surface area (Å²) in [7, 11) is 0. The van der Waals surface area contributed by atoms with E-state index in [1.165, 1.54) is 18.2 Å². The zero-order valence-electron chi connectivity index (χ0n) is 20.1. The Kier molecular flexibility index (Phi) is 6.94. The van der Waals surface area contributed by atoms with Gasteiger partial charge in [0.05, 0.1) is 17.4 Å². The van der Waals surface area contributed by atoms with Gasteiger partial charge in [0.2, 0.25) is 0 Å². The minimum Gasteiger partial charge on any atom is -0.393 e. The summed E-state index contributed by atoms with van der Waals surface area (Å²) in [5, 5.41) is 17.1. The van der Waals surface area contributed by atoms with E-state index >= 15 is 0 Å². The fourth-order valence-electron chi connectivity index (χ4n) is 5.28. The number of likely N-dealkylation sites (tertiary alicyclic amines) is 2. The second kappa shape index (κ2) is 10.2. The van der Waals surface area contributed by atoms with Gasteiger partial charge in [-0.2, -0.15) is 18.3 Å². The highest BCUT2D eigenvalue weighted by Gasteiger charge is 2.36. The number of aliphatic hydroxyl groups is 1. The average molecular weight is 517 g/mol. The second-order valence-corrected chi connectivity index (χ2v) is 9.84. The number of hydrogen-bond donors (Lipinski definition) is 2. The lowest BCUT2D eigenvalue weighted by Gasteiger charge is -2.41. The molecule has 0 radical (unpaired) electrons. The van der Waals surface area contributed by atoms with Crippen LogP contribution in [0, 0.1) is 5.82 Å². The maximum Gasteiger partial charge on any atom is 0.416 e. The first kappa shape index (κ1) is 25.3. The van der Waals surface area contributed by atoms with Gasteiger partial charge in [0.1, 0.15) is 5.82 Å². The first-order valence-corrected chi connectivity index (χ1v) is 12.4. The first-order chi connectivity index (χ1) is 17.7. The summed E-state index contributed by atoms with van der Waals surface area (Å²) < 4.78 is 53.6. The predicted octanol–water partition coefficient (Wildman–Crippen LogP) is 5.38. The Bertz CT molecular complexity index is 1240. The second-order valence-electron chi connectivity index (χ2n) is 9.84. The summed E-state index contributed by atoms with van der Waals surface area (Å²) in [5.74, 6) is -0.759. The molecule has 0 saturated carbocycles. The van der Waals surface area contributed by atoms with Gasteiger partial charge in [-0.1, -0.05) is 24.3 Å². The van der Waals surface area contributed by atoms with Crippen LogP contribution in [0.4, 0.5) is 22.4 Å². The average Bonchev–Trinajstić information content (AvgIpc) is 3.38. The molecule has 6 nitrogen and oxygen atoms in total. The number of nitrogens with one attached hydrogen (secondary N) is 1. The zero-order chi connectivity index (χ0) is 26.2. The molecule has 2 unspecified atom stereocenters. The topological polar surface area (TPSA) is 72.5 Å². The number of alkyl halides is 3. The maximum absolute atomic E-state index is 14.3. The van der Waals surface area contributed by atoms with E-state index in [0.29, 0.717) is 56.7 Å². The molecule has 0 bridgehead atoms. The fourth-order valence-corrected chi connectivity index (χ4v) is 5.28. The van der Waals surface area contributed by atoms with E-state index < -0.39 is 23.7 Å². The third kappa shape index (κ3) is 5.49. The van der Waals surface area contributed by atoms with Crippen molar-refractivity contribution in [1.82, 2.24) is 20.0 Å². The molecule has 2 amide bonds. The molecule has 5 rings (SSSR count). The minimum atomic E-state index is -4.42.